The number of benzene rings is 2. The van der Waals surface area contributed by atoms with Crippen LogP contribution < -0.4 is 0 Å². The number of carboxylic acids is 1. The summed E-state index contributed by atoms with van der Waals surface area (Å²) in [6.45, 7) is 2.69. The Kier molecular flexibility index (Phi) is 5.98. The molecule has 148 valence electrons. The minimum absolute atomic E-state index is 0.409. The number of nitrogens with zero attached hydrogens (tertiary/aromatic N) is 3. The Bertz CT molecular complexity index is 988. The number of likely N-dealkylation sites (N-methyl/N-ethyl adjacent to an activating group) is 1. The normalized spacial score (nSPS) is 18.7. The number of carbonyl (C=O) groups is 1. The molecule has 0 bridgehead atoms. The molecule has 0 fully saturated rings. The van der Waals surface area contributed by atoms with Crippen molar-refractivity contribution in [3.63, 3.8) is 0 Å². The molecule has 0 radical (unpaired) electrons. The molecular weight excluding hydrogens is 366 g/mol. The number of hydrogen-bond donors (Lipinski definition) is 1. The Morgan fingerprint density at radius 1 is 1.21 bits per heavy atom. The predicted octanol–water partition coefficient (Wildman–Crippen LogP) is 3.39. The monoisotopic (exact) mass is 389 g/mol. The zero-order valence-electron chi connectivity index (χ0n) is 16.6. The summed E-state index contributed by atoms with van der Waals surface area (Å²) in [6.07, 6.45) is 1.39. The van der Waals surface area contributed by atoms with E-state index in [0.29, 0.717) is 30.7 Å². The molecule has 0 aliphatic carbocycles. The van der Waals surface area contributed by atoms with Gasteiger partial charge in [-0.1, -0.05) is 18.2 Å². The van der Waals surface area contributed by atoms with E-state index in [2.05, 4.69) is 12.1 Å². The van der Waals surface area contributed by atoms with E-state index in [0.717, 1.165) is 23.1 Å². The second-order valence-corrected chi connectivity index (χ2v) is 7.39. The molecule has 1 aliphatic rings. The largest absolute Gasteiger partial charge is 0.480 e. The van der Waals surface area contributed by atoms with Crippen molar-refractivity contribution in [3.8, 4) is 12.1 Å². The van der Waals surface area contributed by atoms with E-state index in [-0.39, 0.29) is 0 Å². The number of ether oxygens (including phenoxy) is 1. The first kappa shape index (κ1) is 20.5. The molecule has 1 heterocycles. The number of nitriles is 2. The number of aliphatic carboxylic acids is 1. The van der Waals surface area contributed by atoms with E-state index < -0.39 is 17.6 Å². The second-order valence-electron chi connectivity index (χ2n) is 7.39. The Balaban J connectivity index is 1.91. The van der Waals surface area contributed by atoms with Crippen molar-refractivity contribution in [1.82, 2.24) is 4.90 Å². The maximum atomic E-state index is 11.2. The van der Waals surface area contributed by atoms with Gasteiger partial charge in [-0.2, -0.15) is 10.5 Å². The van der Waals surface area contributed by atoms with E-state index in [1.807, 2.05) is 29.2 Å². The van der Waals surface area contributed by atoms with Gasteiger partial charge in [-0.15, -0.1) is 0 Å². The molecule has 0 spiro atoms. The Hall–Kier alpha value is -3.19. The van der Waals surface area contributed by atoms with Crippen LogP contribution in [0.1, 0.15) is 47.6 Å². The van der Waals surface area contributed by atoms with Crippen LogP contribution in [0.3, 0.4) is 0 Å². The van der Waals surface area contributed by atoms with Gasteiger partial charge in [0.05, 0.1) is 29.9 Å². The van der Waals surface area contributed by atoms with Gasteiger partial charge >= 0.3 is 5.97 Å². The highest BCUT2D eigenvalue weighted by Crippen LogP contribution is 2.45. The Labute approximate surface area is 170 Å². The smallest absolute Gasteiger partial charge is 0.320 e. The number of rotatable bonds is 7. The van der Waals surface area contributed by atoms with Gasteiger partial charge in [-0.3, -0.25) is 9.69 Å². The summed E-state index contributed by atoms with van der Waals surface area (Å²) in [5, 5.41) is 27.5. The summed E-state index contributed by atoms with van der Waals surface area (Å²) in [7, 11) is 1.80. The van der Waals surface area contributed by atoms with Crippen molar-refractivity contribution >= 4 is 5.97 Å². The van der Waals surface area contributed by atoms with Crippen LogP contribution in [0.15, 0.2) is 42.5 Å². The van der Waals surface area contributed by atoms with Gasteiger partial charge in [-0.25, -0.2) is 0 Å². The average Bonchev–Trinajstić information content (AvgIpc) is 3.11. The second kappa shape index (κ2) is 8.45. The fourth-order valence-corrected chi connectivity index (χ4v) is 3.82. The lowest BCUT2D eigenvalue weighted by atomic mass is 9.81. The molecule has 0 saturated carbocycles. The minimum Gasteiger partial charge on any atom is -0.480 e. The van der Waals surface area contributed by atoms with Gasteiger partial charge in [0.2, 0.25) is 0 Å². The molecule has 2 aromatic rings. The third-order valence-corrected chi connectivity index (χ3v) is 5.68. The summed E-state index contributed by atoms with van der Waals surface area (Å²) < 4.78 is 6.33. The van der Waals surface area contributed by atoms with Crippen LogP contribution in [0, 0.1) is 22.7 Å². The third-order valence-electron chi connectivity index (χ3n) is 5.68. The first-order valence-corrected chi connectivity index (χ1v) is 9.52. The van der Waals surface area contributed by atoms with Crippen molar-refractivity contribution < 1.29 is 14.6 Å². The highest BCUT2D eigenvalue weighted by molar-refractivity contribution is 5.72. The van der Waals surface area contributed by atoms with Crippen LogP contribution in [0.25, 0.3) is 0 Å². The van der Waals surface area contributed by atoms with Crippen molar-refractivity contribution in [3.05, 3.63) is 70.3 Å². The summed E-state index contributed by atoms with van der Waals surface area (Å²) in [5.41, 5.74) is 3.46. The average molecular weight is 389 g/mol. The quantitative estimate of drug-likeness (QED) is 0.780. The molecule has 29 heavy (non-hydrogen) atoms. The molecule has 0 aromatic heterocycles. The van der Waals surface area contributed by atoms with Crippen molar-refractivity contribution in [2.75, 3.05) is 13.6 Å². The fourth-order valence-electron chi connectivity index (χ4n) is 3.82. The predicted molar refractivity (Wildman–Crippen MR) is 107 cm³/mol. The lowest BCUT2D eigenvalue weighted by molar-refractivity contribution is -0.142. The van der Waals surface area contributed by atoms with Crippen LogP contribution in [-0.4, -0.2) is 35.6 Å². The van der Waals surface area contributed by atoms with Gasteiger partial charge in [0.15, 0.2) is 0 Å². The summed E-state index contributed by atoms with van der Waals surface area (Å²) in [4.78, 5) is 13.0. The SMILES string of the molecule is C[C@@H](C(=O)O)N(C)CCCC1(c2ccc(C#N)cc2)OCc2cc(C#N)ccc21. The maximum absolute atomic E-state index is 11.2. The number of carboxylic acid groups (broad SMARTS) is 1. The topological polar surface area (TPSA) is 97.3 Å². The van der Waals surface area contributed by atoms with Crippen LogP contribution >= 0.6 is 0 Å². The molecule has 2 aromatic carbocycles. The summed E-state index contributed by atoms with van der Waals surface area (Å²) in [6, 6.07) is 16.7. The number of fused-ring (bicyclic) bond motifs is 1. The van der Waals surface area contributed by atoms with Gasteiger partial charge < -0.3 is 9.84 Å². The standard InChI is InChI=1S/C23H23N3O3/c1-16(22(27)28)26(2)11-3-10-23(20-7-4-17(13-24)5-8-20)21-9-6-18(14-25)12-19(21)15-29-23/h4-9,12,16H,3,10-11,15H2,1-2H3,(H,27,28)/t16-,23?/m0/s1. The molecule has 6 nitrogen and oxygen atoms in total. The zero-order valence-corrected chi connectivity index (χ0v) is 16.6. The molecule has 1 aliphatic heterocycles. The zero-order chi connectivity index (χ0) is 21.0. The molecule has 6 heteroatoms. The molecule has 3 rings (SSSR count). The number of hydrogen-bond acceptors (Lipinski definition) is 5. The lowest BCUT2D eigenvalue weighted by Gasteiger charge is -2.32. The maximum Gasteiger partial charge on any atom is 0.320 e. The van der Waals surface area contributed by atoms with Gasteiger partial charge in [-0.05, 0) is 74.3 Å². The lowest BCUT2D eigenvalue weighted by Crippen LogP contribution is -2.37. The van der Waals surface area contributed by atoms with Crippen molar-refractivity contribution in [1.29, 1.82) is 10.5 Å². The van der Waals surface area contributed by atoms with Crippen LogP contribution in [0.2, 0.25) is 0 Å². The van der Waals surface area contributed by atoms with E-state index in [9.17, 15) is 15.2 Å². The molecule has 2 atom stereocenters. The van der Waals surface area contributed by atoms with Crippen molar-refractivity contribution in [2.24, 2.45) is 0 Å². The molecule has 0 amide bonds. The van der Waals surface area contributed by atoms with Gasteiger partial charge in [0, 0.05) is 0 Å². The van der Waals surface area contributed by atoms with E-state index >= 15 is 0 Å². The van der Waals surface area contributed by atoms with Gasteiger partial charge in [0.1, 0.15) is 11.6 Å². The fraction of sp³-hybridized carbons (Fsp3) is 0.348. The van der Waals surface area contributed by atoms with Crippen LogP contribution in [0.4, 0.5) is 0 Å². The molecular formula is C23H23N3O3. The molecule has 1 unspecified atom stereocenters. The van der Waals surface area contributed by atoms with Gasteiger partial charge in [0.25, 0.3) is 0 Å². The van der Waals surface area contributed by atoms with E-state index in [1.165, 1.54) is 0 Å². The minimum atomic E-state index is -0.846. The molecule has 1 N–H and O–H groups in total. The molecule has 0 saturated heterocycles. The summed E-state index contributed by atoms with van der Waals surface area (Å²) in [5.74, 6) is -0.846. The van der Waals surface area contributed by atoms with Crippen molar-refractivity contribution in [2.45, 2.75) is 38.0 Å². The first-order chi connectivity index (χ1) is 13.9. The van der Waals surface area contributed by atoms with E-state index in [4.69, 9.17) is 10.00 Å². The highest BCUT2D eigenvalue weighted by Gasteiger charge is 2.41. The Morgan fingerprint density at radius 2 is 1.86 bits per heavy atom. The Morgan fingerprint density at radius 3 is 2.48 bits per heavy atom. The third kappa shape index (κ3) is 4.00. The first-order valence-electron chi connectivity index (χ1n) is 9.52. The summed E-state index contributed by atoms with van der Waals surface area (Å²) >= 11 is 0. The van der Waals surface area contributed by atoms with Crippen LogP contribution in [0.5, 0.6) is 0 Å². The highest BCUT2D eigenvalue weighted by atomic mass is 16.5. The van der Waals surface area contributed by atoms with E-state index in [1.54, 1.807) is 32.2 Å². The van der Waals surface area contributed by atoms with Crippen LogP contribution in [-0.2, 0) is 21.7 Å².